The zero-order valence-corrected chi connectivity index (χ0v) is 44.2. The quantitative estimate of drug-likeness (QED) is 0.0163. The van der Waals surface area contributed by atoms with Gasteiger partial charge in [-0.15, -0.1) is 29.8 Å². The minimum Gasteiger partial charge on any atom is -0.443 e. The van der Waals surface area contributed by atoms with Crippen LogP contribution in [0.15, 0.2) is 48.0 Å². The second-order valence-corrected chi connectivity index (χ2v) is 21.0. The fourth-order valence-electron chi connectivity index (χ4n) is 7.94. The van der Waals surface area contributed by atoms with Gasteiger partial charge in [-0.05, 0) is 126 Å². The summed E-state index contributed by atoms with van der Waals surface area (Å²) >= 11 is 0. The summed E-state index contributed by atoms with van der Waals surface area (Å²) in [5.74, 6) is 4.43. The Bertz CT molecular complexity index is 2260. The number of carbonyl (C=O) groups is 3. The topological polar surface area (TPSA) is 250 Å². The number of nitrogen functional groups attached to an aromatic ring is 2. The van der Waals surface area contributed by atoms with Gasteiger partial charge < -0.3 is 26.5 Å². The predicted octanol–water partition coefficient (Wildman–Crippen LogP) is 11.2. The van der Waals surface area contributed by atoms with Gasteiger partial charge in [-0.2, -0.15) is 0 Å². The van der Waals surface area contributed by atoms with E-state index in [1.54, 1.807) is 12.4 Å². The Morgan fingerprint density at radius 1 is 0.900 bits per heavy atom. The lowest BCUT2D eigenvalue weighted by molar-refractivity contribution is -0.126. The molecular weight excluding hydrogens is 906 g/mol. The highest BCUT2D eigenvalue weighted by Crippen LogP contribution is 2.39. The number of aromatic amines is 1. The lowest BCUT2D eigenvalue weighted by Crippen LogP contribution is -2.36. The molecule has 0 aliphatic heterocycles. The maximum Gasteiger partial charge on any atom is 0.421 e. The number of ketones is 1. The highest BCUT2D eigenvalue weighted by Gasteiger charge is 2.32. The van der Waals surface area contributed by atoms with Crippen LogP contribution in [0, 0.1) is 29.6 Å². The van der Waals surface area contributed by atoms with Crippen LogP contribution in [0.25, 0.3) is 10.4 Å². The number of aromatic nitrogens is 7. The van der Waals surface area contributed by atoms with Gasteiger partial charge in [0.25, 0.3) is 0 Å². The number of amides is 1. The normalized spacial score (nSPS) is 14.6. The number of azide groups is 1. The van der Waals surface area contributed by atoms with E-state index in [1.807, 2.05) is 43.8 Å². The van der Waals surface area contributed by atoms with Gasteiger partial charge in [-0.25, -0.2) is 19.3 Å². The number of hydrogen-bond acceptors (Lipinski definition) is 11. The van der Waals surface area contributed by atoms with Crippen LogP contribution in [-0.2, 0) is 40.8 Å². The second-order valence-electron chi connectivity index (χ2n) is 21.0. The van der Waals surface area contributed by atoms with E-state index in [2.05, 4.69) is 100 Å². The summed E-state index contributed by atoms with van der Waals surface area (Å²) in [5, 5.41) is 14.7. The Morgan fingerprint density at radius 2 is 1.54 bits per heavy atom. The van der Waals surface area contributed by atoms with Gasteiger partial charge in [0.05, 0.1) is 17.6 Å². The van der Waals surface area contributed by atoms with Gasteiger partial charge >= 0.3 is 6.09 Å². The number of unbranched alkanes of at least 4 members (excludes halogenated alkanes) is 5. The van der Waals surface area contributed by atoms with Gasteiger partial charge in [0.15, 0.2) is 11.7 Å². The van der Waals surface area contributed by atoms with Gasteiger partial charge in [0.2, 0.25) is 11.9 Å². The largest absolute Gasteiger partial charge is 0.443 e. The number of nitrogens with two attached hydrogens (primary N) is 2. The van der Waals surface area contributed by atoms with Crippen molar-refractivity contribution < 1.29 is 19.1 Å². The Kier molecular flexibility index (Phi) is 25.8. The molecule has 1 saturated carbocycles. The van der Waals surface area contributed by atoms with Gasteiger partial charge in [-0.1, -0.05) is 89.0 Å². The molecule has 386 valence electrons. The van der Waals surface area contributed by atoms with Crippen molar-refractivity contribution in [3.63, 3.8) is 0 Å². The average molecular weight is 989 g/mol. The number of halogens is 1. The molecule has 1 fully saturated rings. The molecule has 70 heavy (non-hydrogen) atoms. The first kappa shape index (κ1) is 60.3. The molecule has 3 heterocycles. The molecule has 5 rings (SSSR count). The zero-order valence-electron chi connectivity index (χ0n) is 43.4. The van der Waals surface area contributed by atoms with Crippen molar-refractivity contribution in [2.24, 2.45) is 22.4 Å². The lowest BCUT2D eigenvalue weighted by atomic mass is 9.70. The van der Waals surface area contributed by atoms with Crippen molar-refractivity contribution in [2.75, 3.05) is 24.6 Å². The van der Waals surface area contributed by atoms with Crippen LogP contribution in [-0.4, -0.2) is 71.0 Å². The van der Waals surface area contributed by atoms with Crippen LogP contribution >= 0.6 is 12.4 Å². The number of carbonyl (C=O) groups excluding carboxylic acids is 3. The van der Waals surface area contributed by atoms with Crippen LogP contribution in [0.4, 0.5) is 16.7 Å². The number of rotatable bonds is 20. The van der Waals surface area contributed by atoms with E-state index in [9.17, 15) is 14.4 Å². The molecule has 1 aliphatic rings. The molecule has 0 radical (unpaired) electrons. The molecule has 1 aliphatic carbocycles. The van der Waals surface area contributed by atoms with Crippen LogP contribution in [0.2, 0.25) is 0 Å². The number of ether oxygens (including phenoxy) is 1. The van der Waals surface area contributed by atoms with E-state index in [0.717, 1.165) is 125 Å². The molecule has 0 unspecified atom stereocenters. The summed E-state index contributed by atoms with van der Waals surface area (Å²) in [5.41, 5.74) is 24.3. The molecule has 3 aromatic heterocycles. The third kappa shape index (κ3) is 23.2. The molecule has 1 aromatic carbocycles. The predicted molar refractivity (Wildman–Crippen MR) is 281 cm³/mol. The maximum absolute atomic E-state index is 12.4. The summed E-state index contributed by atoms with van der Waals surface area (Å²) in [6, 6.07) is 8.00. The minimum atomic E-state index is -0.552. The molecule has 0 saturated heterocycles. The van der Waals surface area contributed by atoms with Crippen molar-refractivity contribution in [1.82, 2.24) is 39.8 Å². The number of imidazole rings is 2. The highest BCUT2D eigenvalue weighted by atomic mass is 35.5. The molecule has 0 bridgehead atoms. The van der Waals surface area contributed by atoms with E-state index in [0.29, 0.717) is 37.4 Å². The van der Waals surface area contributed by atoms with Crippen molar-refractivity contribution in [2.45, 2.75) is 183 Å². The Morgan fingerprint density at radius 3 is 2.13 bits per heavy atom. The Hall–Kier alpha value is -5.85. The number of nitrogens with zero attached hydrogens (tertiary/aromatic N) is 9. The van der Waals surface area contributed by atoms with Crippen LogP contribution in [0.1, 0.15) is 179 Å². The molecule has 17 nitrogen and oxygen atoms in total. The first-order valence-corrected chi connectivity index (χ1v) is 24.7. The number of benzene rings is 1. The number of terminal acetylenes is 1. The second kappa shape index (κ2) is 30.0. The molecule has 4 aromatic rings. The smallest absolute Gasteiger partial charge is 0.421 e. The number of nitrogens with one attached hydrogen (secondary N) is 2. The number of Topliss-reactive ketones (excluding diaryl/α,β-unsaturated/α-hetero) is 1. The third-order valence-corrected chi connectivity index (χ3v) is 12.0. The number of hydrogen-bond donors (Lipinski definition) is 4. The number of anilines is 2. The van der Waals surface area contributed by atoms with E-state index >= 15 is 0 Å². The first-order valence-electron chi connectivity index (χ1n) is 24.7. The summed E-state index contributed by atoms with van der Waals surface area (Å²) in [6.45, 7) is 20.3. The minimum absolute atomic E-state index is 0. The van der Waals surface area contributed by atoms with Gasteiger partial charge in [-0.3, -0.25) is 14.3 Å². The molecule has 6 N–H and O–H groups in total. The molecule has 0 spiro atoms. The monoisotopic (exact) mass is 988 g/mol. The van der Waals surface area contributed by atoms with E-state index < -0.39 is 11.7 Å². The van der Waals surface area contributed by atoms with Crippen LogP contribution in [0.3, 0.4) is 0 Å². The summed E-state index contributed by atoms with van der Waals surface area (Å²) in [7, 11) is 0. The number of aryl methyl sites for hydroxylation is 4. The maximum atomic E-state index is 12.4. The summed E-state index contributed by atoms with van der Waals surface area (Å²) in [4.78, 5) is 50.1. The first-order chi connectivity index (χ1) is 32.6. The number of H-pyrrole nitrogens is 1. The van der Waals surface area contributed by atoms with Crippen LogP contribution in [0.5, 0.6) is 0 Å². The van der Waals surface area contributed by atoms with Crippen LogP contribution < -0.4 is 16.8 Å². The fraction of sp³-hybridized carbons (Fsp3) is 0.635. The van der Waals surface area contributed by atoms with Crippen molar-refractivity contribution in [3.8, 4) is 12.3 Å². The van der Waals surface area contributed by atoms with E-state index in [1.165, 1.54) is 10.1 Å². The van der Waals surface area contributed by atoms with Crippen molar-refractivity contribution in [1.29, 1.82) is 0 Å². The standard InChI is InChI=1S/C24H34N6O.C15H23N3O2.C13H24N4O.ClH/c1-24(2,3)19-13-11-18(12-14-19)22(31)10-7-15-30-17-21(28-29-30)9-6-4-5-8-20-16-26-23(25)27-20;1-5-6-7-8-9-10-12-11-18(13(16)17-12)14(19)20-15(2,3)4;1-13(2,3)11-6-4-10(5-7-11)12(18)15-8-9-16-17-14;/h11-14,16-17H,4-10,15H2,1-3H3,(H3,25,26,27);1,11H,6-10H2,2-4H3,(H2,16,17);10-11H,4-9H2,1-3H3,(H,15,18);1H. The summed E-state index contributed by atoms with van der Waals surface area (Å²) in [6.07, 6.45) is 25.4. The Balaban J connectivity index is 0.000000377. The molecule has 0 atom stereocenters. The highest BCUT2D eigenvalue weighted by molar-refractivity contribution is 5.96. The average Bonchev–Trinajstić information content (AvgIpc) is 4.03. The molecular formula is C52H82ClN13O4. The van der Waals surface area contributed by atoms with E-state index in [4.69, 9.17) is 28.2 Å². The fourth-order valence-corrected chi connectivity index (χ4v) is 7.94. The SMILES string of the molecule is C#CCCCCCc1cn(C(=O)OC(C)(C)C)c(N)n1.CC(C)(C)C1CCC(C(=O)NCCN=[N+]=[N-])CC1.CC(C)(C)c1ccc(C(=O)CCCn2cc(CCCCCc3cnc(N)[nH]3)nn2)cc1.Cl. The third-order valence-electron chi connectivity index (χ3n) is 12.0. The zero-order chi connectivity index (χ0) is 51.0. The van der Waals surface area contributed by atoms with Crippen molar-refractivity contribution in [3.05, 3.63) is 81.5 Å². The van der Waals surface area contributed by atoms with Gasteiger partial charge in [0, 0.05) is 67.0 Å². The Labute approximate surface area is 422 Å². The summed E-state index contributed by atoms with van der Waals surface area (Å²) < 4.78 is 8.36. The van der Waals surface area contributed by atoms with Crippen molar-refractivity contribution >= 4 is 42.1 Å². The molecule has 18 heteroatoms. The lowest BCUT2D eigenvalue weighted by Gasteiger charge is -2.36. The molecule has 1 amide bonds. The van der Waals surface area contributed by atoms with E-state index in [-0.39, 0.29) is 41.4 Å². The van der Waals surface area contributed by atoms with Gasteiger partial charge in [0.1, 0.15) is 5.60 Å².